The number of rotatable bonds is 4. The first-order chi connectivity index (χ1) is 9.58. The number of thiazole rings is 1. The van der Waals surface area contributed by atoms with Gasteiger partial charge in [0.2, 0.25) is 5.91 Å². The summed E-state index contributed by atoms with van der Waals surface area (Å²) in [6.07, 6.45) is 0.191. The van der Waals surface area contributed by atoms with Gasteiger partial charge in [0.15, 0.2) is 0 Å². The average molecular weight is 350 g/mol. The molecule has 0 fully saturated rings. The van der Waals surface area contributed by atoms with Gasteiger partial charge in [-0.25, -0.2) is 4.98 Å². The zero-order chi connectivity index (χ0) is 14.5. The number of aryl methyl sites for hydroxylation is 1. The molecule has 0 spiro atoms. The SMILES string of the molecule is Cc1nc(CC(=O)N[C@@H](C#N)c2cccc(Br)c2)cs1. The van der Waals surface area contributed by atoms with Crippen molar-refractivity contribution in [3.63, 3.8) is 0 Å². The summed E-state index contributed by atoms with van der Waals surface area (Å²) < 4.78 is 0.875. The van der Waals surface area contributed by atoms with Gasteiger partial charge in [-0.2, -0.15) is 5.26 Å². The molecule has 0 saturated heterocycles. The zero-order valence-corrected chi connectivity index (χ0v) is 13.2. The first kappa shape index (κ1) is 14.7. The average Bonchev–Trinajstić information content (AvgIpc) is 2.81. The van der Waals surface area contributed by atoms with E-state index in [0.29, 0.717) is 0 Å². The van der Waals surface area contributed by atoms with Crippen LogP contribution >= 0.6 is 27.3 Å². The lowest BCUT2D eigenvalue weighted by Gasteiger charge is -2.11. The normalized spacial score (nSPS) is 11.7. The maximum Gasteiger partial charge on any atom is 0.227 e. The molecule has 4 nitrogen and oxygen atoms in total. The summed E-state index contributed by atoms with van der Waals surface area (Å²) in [4.78, 5) is 16.2. The highest BCUT2D eigenvalue weighted by atomic mass is 79.9. The van der Waals surface area contributed by atoms with Gasteiger partial charge in [0, 0.05) is 9.85 Å². The maximum absolute atomic E-state index is 11.9. The molecule has 20 heavy (non-hydrogen) atoms. The Kier molecular flexibility index (Phi) is 4.88. The smallest absolute Gasteiger partial charge is 0.227 e. The number of halogens is 1. The second-order valence-corrected chi connectivity index (χ2v) is 6.20. The van der Waals surface area contributed by atoms with Gasteiger partial charge in [0.25, 0.3) is 0 Å². The van der Waals surface area contributed by atoms with Crippen molar-refractivity contribution in [1.82, 2.24) is 10.3 Å². The van der Waals surface area contributed by atoms with Crippen LogP contribution in [0.1, 0.15) is 22.3 Å². The monoisotopic (exact) mass is 349 g/mol. The minimum atomic E-state index is -0.653. The molecular formula is C14H12BrN3OS. The van der Waals surface area contributed by atoms with Crippen LogP contribution in [0, 0.1) is 18.3 Å². The zero-order valence-electron chi connectivity index (χ0n) is 10.8. The van der Waals surface area contributed by atoms with Crippen molar-refractivity contribution in [2.45, 2.75) is 19.4 Å². The van der Waals surface area contributed by atoms with Gasteiger partial charge in [0.05, 0.1) is 23.2 Å². The van der Waals surface area contributed by atoms with Gasteiger partial charge in [-0.3, -0.25) is 4.79 Å². The Balaban J connectivity index is 2.03. The molecule has 0 aliphatic heterocycles. The number of hydrogen-bond donors (Lipinski definition) is 1. The highest BCUT2D eigenvalue weighted by Gasteiger charge is 2.15. The number of amides is 1. The van der Waals surface area contributed by atoms with E-state index in [1.165, 1.54) is 11.3 Å². The molecule has 0 radical (unpaired) electrons. The molecule has 1 heterocycles. The van der Waals surface area contributed by atoms with E-state index in [2.05, 4.69) is 32.3 Å². The van der Waals surface area contributed by atoms with Crippen LogP contribution in [0.2, 0.25) is 0 Å². The molecule has 102 valence electrons. The summed E-state index contributed by atoms with van der Waals surface area (Å²) >= 11 is 4.86. The number of aromatic nitrogens is 1. The Labute approximate surface area is 129 Å². The van der Waals surface area contributed by atoms with Crippen LogP contribution in [0.5, 0.6) is 0 Å². The number of hydrogen-bond acceptors (Lipinski definition) is 4. The number of carbonyl (C=O) groups excluding carboxylic acids is 1. The number of nitrogens with zero attached hydrogens (tertiary/aromatic N) is 2. The standard InChI is InChI=1S/C14H12BrN3OS/c1-9-17-12(8-20-9)6-14(19)18-13(7-16)10-3-2-4-11(15)5-10/h2-5,8,13H,6H2,1H3,(H,18,19)/t13-/m0/s1. The summed E-state index contributed by atoms with van der Waals surface area (Å²) in [6, 6.07) is 8.78. The molecule has 0 bridgehead atoms. The second-order valence-electron chi connectivity index (χ2n) is 4.22. The van der Waals surface area contributed by atoms with E-state index in [1.54, 1.807) is 0 Å². The maximum atomic E-state index is 11.9. The Hall–Kier alpha value is -1.71. The van der Waals surface area contributed by atoms with Gasteiger partial charge in [0.1, 0.15) is 6.04 Å². The van der Waals surface area contributed by atoms with Crippen LogP contribution in [-0.2, 0) is 11.2 Å². The van der Waals surface area contributed by atoms with E-state index in [9.17, 15) is 10.1 Å². The van der Waals surface area contributed by atoms with Crippen LogP contribution in [0.25, 0.3) is 0 Å². The molecule has 0 saturated carbocycles. The molecule has 2 aromatic rings. The van der Waals surface area contributed by atoms with E-state index in [-0.39, 0.29) is 12.3 Å². The van der Waals surface area contributed by atoms with Crippen LogP contribution in [0.4, 0.5) is 0 Å². The van der Waals surface area contributed by atoms with Crippen molar-refractivity contribution in [2.24, 2.45) is 0 Å². The van der Waals surface area contributed by atoms with Crippen molar-refractivity contribution >= 4 is 33.2 Å². The fraction of sp³-hybridized carbons (Fsp3) is 0.214. The third-order valence-electron chi connectivity index (χ3n) is 2.62. The largest absolute Gasteiger partial charge is 0.336 e. The molecule has 0 aliphatic rings. The summed E-state index contributed by atoms with van der Waals surface area (Å²) in [6.45, 7) is 1.89. The molecule has 1 aromatic carbocycles. The van der Waals surface area contributed by atoms with Gasteiger partial charge in [-0.1, -0.05) is 28.1 Å². The van der Waals surface area contributed by atoms with Crippen molar-refractivity contribution in [2.75, 3.05) is 0 Å². The third kappa shape index (κ3) is 3.89. The van der Waals surface area contributed by atoms with Crippen LogP contribution in [-0.4, -0.2) is 10.9 Å². The molecule has 1 amide bonds. The first-order valence-electron chi connectivity index (χ1n) is 5.94. The molecule has 0 unspecified atom stereocenters. The van der Waals surface area contributed by atoms with Crippen LogP contribution in [0.3, 0.4) is 0 Å². The number of carbonyl (C=O) groups is 1. The molecular weight excluding hydrogens is 338 g/mol. The highest BCUT2D eigenvalue weighted by Crippen LogP contribution is 2.18. The Morgan fingerprint density at radius 3 is 3.00 bits per heavy atom. The van der Waals surface area contributed by atoms with E-state index >= 15 is 0 Å². The molecule has 1 atom stereocenters. The summed E-state index contributed by atoms with van der Waals surface area (Å²) in [5.74, 6) is -0.207. The predicted octanol–water partition coefficient (Wildman–Crippen LogP) is 3.14. The van der Waals surface area contributed by atoms with E-state index in [1.807, 2.05) is 36.6 Å². The van der Waals surface area contributed by atoms with Crippen molar-refractivity contribution < 1.29 is 4.79 Å². The highest BCUT2D eigenvalue weighted by molar-refractivity contribution is 9.10. The lowest BCUT2D eigenvalue weighted by molar-refractivity contribution is -0.120. The van der Waals surface area contributed by atoms with Gasteiger partial charge in [-0.15, -0.1) is 11.3 Å². The molecule has 6 heteroatoms. The first-order valence-corrected chi connectivity index (χ1v) is 7.61. The van der Waals surface area contributed by atoms with Crippen molar-refractivity contribution in [3.8, 4) is 6.07 Å². The number of nitriles is 1. The Bertz CT molecular complexity index is 662. The van der Waals surface area contributed by atoms with Crippen molar-refractivity contribution in [3.05, 3.63) is 50.4 Å². The fourth-order valence-corrected chi connectivity index (χ4v) is 2.77. The van der Waals surface area contributed by atoms with Crippen molar-refractivity contribution in [1.29, 1.82) is 5.26 Å². The predicted molar refractivity (Wildman–Crippen MR) is 81.2 cm³/mol. The number of benzene rings is 1. The third-order valence-corrected chi connectivity index (χ3v) is 3.94. The lowest BCUT2D eigenvalue weighted by atomic mass is 10.1. The van der Waals surface area contributed by atoms with Crippen LogP contribution in [0.15, 0.2) is 34.1 Å². The fourth-order valence-electron chi connectivity index (χ4n) is 1.74. The number of nitrogens with one attached hydrogen (secondary N) is 1. The van der Waals surface area contributed by atoms with Gasteiger partial charge < -0.3 is 5.32 Å². The molecule has 0 aliphatic carbocycles. The lowest BCUT2D eigenvalue weighted by Crippen LogP contribution is -2.29. The summed E-state index contributed by atoms with van der Waals surface area (Å²) in [5, 5.41) is 14.7. The van der Waals surface area contributed by atoms with E-state index in [4.69, 9.17) is 0 Å². The topological polar surface area (TPSA) is 65.8 Å². The molecule has 2 rings (SSSR count). The molecule has 1 aromatic heterocycles. The molecule has 1 N–H and O–H groups in total. The van der Waals surface area contributed by atoms with Gasteiger partial charge in [-0.05, 0) is 24.6 Å². The van der Waals surface area contributed by atoms with E-state index in [0.717, 1.165) is 20.7 Å². The Morgan fingerprint density at radius 1 is 1.60 bits per heavy atom. The van der Waals surface area contributed by atoms with Crippen LogP contribution < -0.4 is 5.32 Å². The summed E-state index contributed by atoms with van der Waals surface area (Å²) in [5.41, 5.74) is 1.49. The van der Waals surface area contributed by atoms with E-state index < -0.39 is 6.04 Å². The quantitative estimate of drug-likeness (QED) is 0.921. The minimum Gasteiger partial charge on any atom is -0.336 e. The Morgan fingerprint density at radius 2 is 2.40 bits per heavy atom. The second kappa shape index (κ2) is 6.64. The summed E-state index contributed by atoms with van der Waals surface area (Å²) in [7, 11) is 0. The van der Waals surface area contributed by atoms with Gasteiger partial charge >= 0.3 is 0 Å². The minimum absolute atomic E-state index is 0.191.